The zero-order valence-electron chi connectivity index (χ0n) is 14.0. The van der Waals surface area contributed by atoms with Gasteiger partial charge in [-0.15, -0.1) is 11.3 Å². The second-order valence-corrected chi connectivity index (χ2v) is 7.17. The quantitative estimate of drug-likeness (QED) is 0.899. The van der Waals surface area contributed by atoms with E-state index in [0.29, 0.717) is 5.13 Å². The summed E-state index contributed by atoms with van der Waals surface area (Å²) in [6.45, 7) is 6.90. The topological polar surface area (TPSA) is 67.4 Å². The highest BCUT2D eigenvalue weighted by atomic mass is 32.1. The molecule has 0 bridgehead atoms. The lowest BCUT2D eigenvalue weighted by Gasteiger charge is -2.32. The van der Waals surface area contributed by atoms with Crippen LogP contribution in [0, 0.1) is 6.92 Å². The Balaban J connectivity index is 1.55. The second kappa shape index (κ2) is 7.83. The molecule has 6 nitrogen and oxygen atoms in total. The van der Waals surface area contributed by atoms with Crippen LogP contribution < -0.4 is 5.32 Å². The number of ether oxygens (including phenoxy) is 1. The first-order valence-electron chi connectivity index (χ1n) is 8.06. The molecule has 1 aliphatic heterocycles. The van der Waals surface area contributed by atoms with Crippen LogP contribution in [0.3, 0.4) is 0 Å². The van der Waals surface area contributed by atoms with Crippen LogP contribution >= 0.6 is 11.3 Å². The van der Waals surface area contributed by atoms with Crippen LogP contribution in [-0.2, 0) is 22.5 Å². The predicted molar refractivity (Wildman–Crippen MR) is 94.1 cm³/mol. The SMILES string of the molecule is CC(=O)Nc1ncc(CN2CCO[C@@H](Cc3ccnc(C)c3)C2)s1. The van der Waals surface area contributed by atoms with Crippen molar-refractivity contribution in [2.75, 3.05) is 25.0 Å². The minimum atomic E-state index is -0.0880. The van der Waals surface area contributed by atoms with Gasteiger partial charge in [0.25, 0.3) is 0 Å². The van der Waals surface area contributed by atoms with E-state index in [1.54, 1.807) is 0 Å². The van der Waals surface area contributed by atoms with E-state index in [0.717, 1.165) is 43.2 Å². The summed E-state index contributed by atoms with van der Waals surface area (Å²) in [7, 11) is 0. The van der Waals surface area contributed by atoms with Crippen LogP contribution in [0.5, 0.6) is 0 Å². The summed E-state index contributed by atoms with van der Waals surface area (Å²) < 4.78 is 5.92. The Bertz CT molecular complexity index is 703. The summed E-state index contributed by atoms with van der Waals surface area (Å²) in [5, 5.41) is 3.39. The Morgan fingerprint density at radius 2 is 2.38 bits per heavy atom. The van der Waals surface area contributed by atoms with Gasteiger partial charge in [-0.2, -0.15) is 0 Å². The van der Waals surface area contributed by atoms with Gasteiger partial charge >= 0.3 is 0 Å². The van der Waals surface area contributed by atoms with Crippen molar-refractivity contribution in [2.45, 2.75) is 32.9 Å². The standard InChI is InChI=1S/C17H22N4O2S/c1-12-7-14(3-4-18-12)8-15-10-21(5-6-23-15)11-16-9-19-17(24-16)20-13(2)22/h3-4,7,9,15H,5-6,8,10-11H2,1-2H3,(H,19,20,22)/t15-/m0/s1. The molecule has 7 heteroatoms. The van der Waals surface area contributed by atoms with E-state index >= 15 is 0 Å². The highest BCUT2D eigenvalue weighted by molar-refractivity contribution is 7.15. The van der Waals surface area contributed by atoms with Gasteiger partial charge in [-0.3, -0.25) is 14.7 Å². The lowest BCUT2D eigenvalue weighted by atomic mass is 10.1. The van der Waals surface area contributed by atoms with Gasteiger partial charge in [0, 0.05) is 49.5 Å². The minimum Gasteiger partial charge on any atom is -0.375 e. The first-order chi connectivity index (χ1) is 11.6. The lowest BCUT2D eigenvalue weighted by molar-refractivity contribution is -0.114. The maximum absolute atomic E-state index is 11.1. The molecule has 3 rings (SSSR count). The number of anilines is 1. The van der Waals surface area contributed by atoms with Crippen molar-refractivity contribution in [3.8, 4) is 0 Å². The number of amides is 1. The summed E-state index contributed by atoms with van der Waals surface area (Å²) in [5.74, 6) is -0.0880. The van der Waals surface area contributed by atoms with E-state index in [2.05, 4.69) is 32.3 Å². The van der Waals surface area contributed by atoms with Crippen LogP contribution in [0.1, 0.15) is 23.1 Å². The molecule has 1 aliphatic rings. The molecular formula is C17H22N4O2S. The number of nitrogens with zero attached hydrogens (tertiary/aromatic N) is 3. The van der Waals surface area contributed by atoms with E-state index in [-0.39, 0.29) is 12.0 Å². The number of aromatic nitrogens is 2. The van der Waals surface area contributed by atoms with Crippen molar-refractivity contribution in [2.24, 2.45) is 0 Å². The Hall–Kier alpha value is -1.83. The fourth-order valence-corrected chi connectivity index (χ4v) is 3.75. The maximum atomic E-state index is 11.1. The molecule has 24 heavy (non-hydrogen) atoms. The average Bonchev–Trinajstić information content (AvgIpc) is 2.94. The summed E-state index contributed by atoms with van der Waals surface area (Å²) in [6.07, 6.45) is 4.79. The van der Waals surface area contributed by atoms with E-state index in [4.69, 9.17) is 4.74 Å². The number of thiazole rings is 1. The predicted octanol–water partition coefficient (Wildman–Crippen LogP) is 2.25. The summed E-state index contributed by atoms with van der Waals surface area (Å²) in [4.78, 5) is 23.1. The van der Waals surface area contributed by atoms with Crippen LogP contribution in [0.4, 0.5) is 5.13 Å². The van der Waals surface area contributed by atoms with Crippen molar-refractivity contribution >= 4 is 22.4 Å². The summed E-state index contributed by atoms with van der Waals surface area (Å²) in [5.41, 5.74) is 2.30. The van der Waals surface area contributed by atoms with Crippen molar-refractivity contribution < 1.29 is 9.53 Å². The number of aryl methyl sites for hydroxylation is 1. The minimum absolute atomic E-state index is 0.0880. The highest BCUT2D eigenvalue weighted by Crippen LogP contribution is 2.21. The third-order valence-corrected chi connectivity index (χ3v) is 4.76. The number of hydrogen-bond acceptors (Lipinski definition) is 6. The molecule has 0 spiro atoms. The Morgan fingerprint density at radius 3 is 3.17 bits per heavy atom. The van der Waals surface area contributed by atoms with E-state index < -0.39 is 0 Å². The fraction of sp³-hybridized carbons (Fsp3) is 0.471. The maximum Gasteiger partial charge on any atom is 0.223 e. The van der Waals surface area contributed by atoms with E-state index in [9.17, 15) is 4.79 Å². The van der Waals surface area contributed by atoms with Crippen LogP contribution in [-0.4, -0.2) is 46.6 Å². The molecule has 2 aromatic rings. The molecule has 3 heterocycles. The summed E-state index contributed by atoms with van der Waals surface area (Å²) >= 11 is 1.53. The molecule has 1 amide bonds. The Morgan fingerprint density at radius 1 is 1.50 bits per heavy atom. The van der Waals surface area contributed by atoms with E-state index in [1.165, 1.54) is 23.8 Å². The Labute approximate surface area is 145 Å². The van der Waals surface area contributed by atoms with Gasteiger partial charge in [-0.25, -0.2) is 4.98 Å². The van der Waals surface area contributed by atoms with Crippen molar-refractivity contribution in [1.82, 2.24) is 14.9 Å². The van der Waals surface area contributed by atoms with Crippen molar-refractivity contribution in [1.29, 1.82) is 0 Å². The molecule has 128 valence electrons. The number of carbonyl (C=O) groups excluding carboxylic acids is 1. The average molecular weight is 346 g/mol. The molecule has 0 saturated carbocycles. The Kier molecular flexibility index (Phi) is 5.55. The third-order valence-electron chi connectivity index (χ3n) is 3.86. The molecule has 0 aromatic carbocycles. The van der Waals surface area contributed by atoms with E-state index in [1.807, 2.05) is 19.3 Å². The first kappa shape index (κ1) is 17.0. The van der Waals surface area contributed by atoms with Crippen molar-refractivity contribution in [3.05, 3.63) is 40.7 Å². The number of rotatable bonds is 5. The molecule has 0 radical (unpaired) electrons. The molecule has 1 atom stereocenters. The van der Waals surface area contributed by atoms with Gasteiger partial charge in [-0.1, -0.05) is 0 Å². The molecular weight excluding hydrogens is 324 g/mol. The van der Waals surface area contributed by atoms with Gasteiger partial charge in [0.15, 0.2) is 5.13 Å². The molecule has 1 fully saturated rings. The second-order valence-electron chi connectivity index (χ2n) is 6.05. The van der Waals surface area contributed by atoms with Crippen LogP contribution in [0.15, 0.2) is 24.5 Å². The van der Waals surface area contributed by atoms with Crippen molar-refractivity contribution in [3.63, 3.8) is 0 Å². The normalized spacial score (nSPS) is 18.5. The molecule has 0 aliphatic carbocycles. The van der Waals surface area contributed by atoms with Gasteiger partial charge in [0.05, 0.1) is 12.7 Å². The van der Waals surface area contributed by atoms with Gasteiger partial charge in [-0.05, 0) is 31.0 Å². The summed E-state index contributed by atoms with van der Waals surface area (Å²) in [6, 6.07) is 4.17. The smallest absolute Gasteiger partial charge is 0.223 e. The monoisotopic (exact) mass is 346 g/mol. The van der Waals surface area contributed by atoms with Crippen LogP contribution in [0.25, 0.3) is 0 Å². The zero-order valence-corrected chi connectivity index (χ0v) is 14.8. The number of carbonyl (C=O) groups is 1. The molecule has 0 unspecified atom stereocenters. The van der Waals surface area contributed by atoms with Gasteiger partial charge < -0.3 is 10.1 Å². The zero-order chi connectivity index (χ0) is 16.9. The molecule has 2 aromatic heterocycles. The molecule has 1 N–H and O–H groups in total. The van der Waals surface area contributed by atoms with Gasteiger partial charge in [0.2, 0.25) is 5.91 Å². The fourth-order valence-electron chi connectivity index (χ4n) is 2.85. The molecule has 1 saturated heterocycles. The number of hydrogen-bond donors (Lipinski definition) is 1. The number of pyridine rings is 1. The first-order valence-corrected chi connectivity index (χ1v) is 8.88. The lowest BCUT2D eigenvalue weighted by Crippen LogP contribution is -2.42. The van der Waals surface area contributed by atoms with Crippen LogP contribution in [0.2, 0.25) is 0 Å². The number of nitrogens with one attached hydrogen (secondary N) is 1. The third kappa shape index (κ3) is 4.83. The number of morpholine rings is 1. The largest absolute Gasteiger partial charge is 0.375 e. The van der Waals surface area contributed by atoms with Gasteiger partial charge in [0.1, 0.15) is 0 Å². The highest BCUT2D eigenvalue weighted by Gasteiger charge is 2.21.